The van der Waals surface area contributed by atoms with Crippen LogP contribution in [0.2, 0.25) is 5.02 Å². The van der Waals surface area contributed by atoms with Crippen LogP contribution in [0.4, 0.5) is 5.13 Å². The van der Waals surface area contributed by atoms with Crippen LogP contribution in [-0.2, 0) is 11.4 Å². The van der Waals surface area contributed by atoms with Gasteiger partial charge in [0.1, 0.15) is 6.61 Å². The lowest BCUT2D eigenvalue weighted by Gasteiger charge is -2.32. The van der Waals surface area contributed by atoms with E-state index in [0.717, 1.165) is 18.4 Å². The summed E-state index contributed by atoms with van der Waals surface area (Å²) in [5.74, 6) is 0.462. The fourth-order valence-corrected chi connectivity index (χ4v) is 4.46. The Hall–Kier alpha value is -3.10. The number of hydrogen-bond donors (Lipinski definition) is 1. The molecule has 0 spiro atoms. The molecule has 1 fully saturated rings. The van der Waals surface area contributed by atoms with Crippen molar-refractivity contribution in [2.45, 2.75) is 19.4 Å². The summed E-state index contributed by atoms with van der Waals surface area (Å²) >= 11 is 7.57. The van der Waals surface area contributed by atoms with Crippen molar-refractivity contribution in [2.75, 3.05) is 25.5 Å². The topological polar surface area (TPSA) is 80.8 Å². The average Bonchev–Trinajstić information content (AvgIpc) is 3.36. The molecule has 4 rings (SSSR count). The fourth-order valence-electron chi connectivity index (χ4n) is 3.74. The molecule has 0 radical (unpaired) electrons. The van der Waals surface area contributed by atoms with Gasteiger partial charge in [0.15, 0.2) is 16.6 Å². The van der Waals surface area contributed by atoms with E-state index in [9.17, 15) is 9.59 Å². The molecule has 1 atom stereocenters. The number of nitrogens with one attached hydrogen (secondary N) is 1. The van der Waals surface area contributed by atoms with Crippen molar-refractivity contribution in [3.05, 3.63) is 70.2 Å². The summed E-state index contributed by atoms with van der Waals surface area (Å²) in [5.41, 5.74) is 1.34. The minimum absolute atomic E-state index is 0.108. The Bertz CT molecular complexity index is 1120. The zero-order valence-corrected chi connectivity index (χ0v) is 19.7. The number of thiazole rings is 1. The maximum absolute atomic E-state index is 13.2. The molecule has 1 saturated heterocycles. The number of likely N-dealkylation sites (tertiary alicyclic amines) is 1. The highest BCUT2D eigenvalue weighted by atomic mass is 35.5. The maximum Gasteiger partial charge on any atom is 0.254 e. The molecule has 33 heavy (non-hydrogen) atoms. The Kier molecular flexibility index (Phi) is 7.47. The predicted octanol–water partition coefficient (Wildman–Crippen LogP) is 4.88. The summed E-state index contributed by atoms with van der Waals surface area (Å²) in [6, 6.07) is 12.6. The van der Waals surface area contributed by atoms with Gasteiger partial charge in [-0.2, -0.15) is 0 Å². The Morgan fingerprint density at radius 1 is 1.24 bits per heavy atom. The molecule has 3 aromatic rings. The van der Waals surface area contributed by atoms with Crippen molar-refractivity contribution in [3.63, 3.8) is 0 Å². The van der Waals surface area contributed by atoms with E-state index in [1.165, 1.54) is 18.4 Å². The lowest BCUT2D eigenvalue weighted by molar-refractivity contribution is -0.121. The molecule has 7 nitrogen and oxygen atoms in total. The summed E-state index contributed by atoms with van der Waals surface area (Å²) in [7, 11) is 1.53. The fraction of sp³-hybridized carbons (Fsp3) is 0.292. The molecule has 2 heterocycles. The van der Waals surface area contributed by atoms with Crippen molar-refractivity contribution in [3.8, 4) is 11.5 Å². The molecule has 0 aliphatic carbocycles. The molecule has 2 aromatic carbocycles. The smallest absolute Gasteiger partial charge is 0.254 e. The van der Waals surface area contributed by atoms with Gasteiger partial charge in [-0.15, -0.1) is 11.3 Å². The number of piperidine rings is 1. The van der Waals surface area contributed by atoms with Gasteiger partial charge in [0.25, 0.3) is 5.91 Å². The van der Waals surface area contributed by atoms with E-state index in [0.29, 0.717) is 40.3 Å². The number of aromatic nitrogens is 1. The predicted molar refractivity (Wildman–Crippen MR) is 128 cm³/mol. The van der Waals surface area contributed by atoms with Crippen molar-refractivity contribution >= 4 is 39.9 Å². The average molecular weight is 486 g/mol. The number of amides is 2. The molecule has 0 bridgehead atoms. The van der Waals surface area contributed by atoms with Gasteiger partial charge in [0.05, 0.1) is 13.0 Å². The van der Waals surface area contributed by atoms with E-state index in [1.54, 1.807) is 29.3 Å². The van der Waals surface area contributed by atoms with Crippen LogP contribution in [0, 0.1) is 5.92 Å². The highest BCUT2D eigenvalue weighted by Crippen LogP contribution is 2.31. The van der Waals surface area contributed by atoms with E-state index in [2.05, 4.69) is 10.3 Å². The number of halogens is 1. The van der Waals surface area contributed by atoms with Crippen molar-refractivity contribution in [2.24, 2.45) is 5.92 Å². The molecule has 1 N–H and O–H groups in total. The number of ether oxygens (including phenoxy) is 2. The standard InChI is InChI=1S/C24H24ClN3O4S/c1-31-21-13-16(8-9-20(21)32-15-18-5-2-3-7-19(18)25)23(30)28-11-4-6-17(14-28)22(29)27-24-26-10-12-33-24/h2-3,5,7-10,12-13,17H,4,6,11,14-15H2,1H3,(H,26,27,29). The number of carbonyl (C=O) groups excluding carboxylic acids is 2. The van der Waals surface area contributed by atoms with Crippen molar-refractivity contribution in [1.82, 2.24) is 9.88 Å². The summed E-state index contributed by atoms with van der Waals surface area (Å²) in [6.07, 6.45) is 3.14. The number of carbonyl (C=O) groups is 2. The second-order valence-corrected chi connectivity index (χ2v) is 8.96. The lowest BCUT2D eigenvalue weighted by atomic mass is 9.96. The first kappa shape index (κ1) is 23.1. The number of nitrogens with zero attached hydrogens (tertiary/aromatic N) is 2. The summed E-state index contributed by atoms with van der Waals surface area (Å²) in [4.78, 5) is 31.6. The van der Waals surface area contributed by atoms with Crippen LogP contribution in [0.15, 0.2) is 54.0 Å². The van der Waals surface area contributed by atoms with Crippen LogP contribution >= 0.6 is 22.9 Å². The number of methoxy groups -OCH3 is 1. The first-order valence-electron chi connectivity index (χ1n) is 10.6. The molecule has 1 unspecified atom stereocenters. The zero-order chi connectivity index (χ0) is 23.2. The van der Waals surface area contributed by atoms with Crippen LogP contribution in [0.3, 0.4) is 0 Å². The third-order valence-corrected chi connectivity index (χ3v) is 6.55. The van der Waals surface area contributed by atoms with Crippen molar-refractivity contribution in [1.29, 1.82) is 0 Å². The highest BCUT2D eigenvalue weighted by molar-refractivity contribution is 7.13. The van der Waals surface area contributed by atoms with Gasteiger partial charge in [-0.3, -0.25) is 9.59 Å². The Morgan fingerprint density at radius 3 is 2.85 bits per heavy atom. The Morgan fingerprint density at radius 2 is 2.09 bits per heavy atom. The molecule has 1 aromatic heterocycles. The minimum Gasteiger partial charge on any atom is -0.493 e. The summed E-state index contributed by atoms with van der Waals surface area (Å²) in [6.45, 7) is 1.25. The van der Waals surface area contributed by atoms with Crippen LogP contribution in [0.1, 0.15) is 28.8 Å². The van der Waals surface area contributed by atoms with Gasteiger partial charge in [0.2, 0.25) is 5.91 Å². The monoisotopic (exact) mass is 485 g/mol. The second-order valence-electron chi connectivity index (χ2n) is 7.66. The minimum atomic E-state index is -0.272. The number of benzene rings is 2. The summed E-state index contributed by atoms with van der Waals surface area (Å²) in [5, 5.41) is 5.84. The molecule has 172 valence electrons. The Balaban J connectivity index is 1.41. The third-order valence-electron chi connectivity index (χ3n) is 5.49. The quantitative estimate of drug-likeness (QED) is 0.516. The van der Waals surface area contributed by atoms with Crippen LogP contribution in [0.5, 0.6) is 11.5 Å². The van der Waals surface area contributed by atoms with Crippen molar-refractivity contribution < 1.29 is 19.1 Å². The highest BCUT2D eigenvalue weighted by Gasteiger charge is 2.29. The van der Waals surface area contributed by atoms with Crippen LogP contribution < -0.4 is 14.8 Å². The van der Waals surface area contributed by atoms with Gasteiger partial charge in [-0.1, -0.05) is 29.8 Å². The molecule has 0 saturated carbocycles. The normalized spacial score (nSPS) is 15.7. The third kappa shape index (κ3) is 5.64. The van der Waals surface area contributed by atoms with E-state index in [1.807, 2.05) is 29.6 Å². The second kappa shape index (κ2) is 10.7. The SMILES string of the molecule is COc1cc(C(=O)N2CCCC(C(=O)Nc3nccs3)C2)ccc1OCc1ccccc1Cl. The molecule has 1 aliphatic heterocycles. The molecule has 1 aliphatic rings. The Labute approximate surface area is 201 Å². The van der Waals surface area contributed by atoms with Gasteiger partial charge < -0.3 is 19.7 Å². The lowest BCUT2D eigenvalue weighted by Crippen LogP contribution is -2.43. The number of anilines is 1. The van der Waals surface area contributed by atoms with E-state index >= 15 is 0 Å². The molecule has 2 amide bonds. The molecular weight excluding hydrogens is 462 g/mol. The van der Waals surface area contributed by atoms with Gasteiger partial charge in [-0.25, -0.2) is 4.98 Å². The summed E-state index contributed by atoms with van der Waals surface area (Å²) < 4.78 is 11.3. The maximum atomic E-state index is 13.2. The van der Waals surface area contributed by atoms with E-state index < -0.39 is 0 Å². The van der Waals surface area contributed by atoms with Crippen LogP contribution in [0.25, 0.3) is 0 Å². The first-order chi connectivity index (χ1) is 16.0. The van der Waals surface area contributed by atoms with Gasteiger partial charge >= 0.3 is 0 Å². The molecule has 9 heteroatoms. The van der Waals surface area contributed by atoms with E-state index in [4.69, 9.17) is 21.1 Å². The van der Waals surface area contributed by atoms with Gasteiger partial charge in [0, 0.05) is 40.8 Å². The van der Waals surface area contributed by atoms with E-state index in [-0.39, 0.29) is 24.3 Å². The van der Waals surface area contributed by atoms with Gasteiger partial charge in [-0.05, 0) is 37.1 Å². The first-order valence-corrected chi connectivity index (χ1v) is 11.8. The zero-order valence-electron chi connectivity index (χ0n) is 18.1. The molecular formula is C24H24ClN3O4S. The van der Waals surface area contributed by atoms with Crippen LogP contribution in [-0.4, -0.2) is 41.9 Å². The number of hydrogen-bond acceptors (Lipinski definition) is 6. The largest absolute Gasteiger partial charge is 0.493 e. The number of rotatable bonds is 7.